The second-order valence-electron chi connectivity index (χ2n) is 1.21. The van der Waals surface area contributed by atoms with E-state index in [0.717, 1.165) is 0 Å². The summed E-state index contributed by atoms with van der Waals surface area (Å²) in [6, 6.07) is 2.91. The van der Waals surface area contributed by atoms with Crippen molar-refractivity contribution in [1.82, 2.24) is 0 Å². The van der Waals surface area contributed by atoms with E-state index in [1.165, 1.54) is 12.1 Å². The summed E-state index contributed by atoms with van der Waals surface area (Å²) in [7, 11) is 0. The molecule has 2 unspecified atom stereocenters. The van der Waals surface area contributed by atoms with E-state index >= 15 is 0 Å². The molecule has 0 radical (unpaired) electrons. The van der Waals surface area contributed by atoms with Crippen molar-refractivity contribution < 1.29 is 37.0 Å². The molecule has 0 bridgehead atoms. The predicted molar refractivity (Wildman–Crippen MR) is 38.8 cm³/mol. The van der Waals surface area contributed by atoms with Gasteiger partial charge < -0.3 is 9.11 Å². The fourth-order valence-corrected chi connectivity index (χ4v) is 0.316. The van der Waals surface area contributed by atoms with Crippen molar-refractivity contribution in [3.8, 4) is 12.1 Å². The van der Waals surface area contributed by atoms with Crippen molar-refractivity contribution in [2.45, 2.75) is 0 Å². The number of hydrogen-bond acceptors (Lipinski definition) is 6. The Morgan fingerprint density at radius 1 is 1.00 bits per heavy atom. The van der Waals surface area contributed by atoms with Gasteiger partial charge in [-0.15, -0.1) is 0 Å². The van der Waals surface area contributed by atoms with Crippen LogP contribution in [0.15, 0.2) is 0 Å². The third kappa shape index (κ3) is 33.6. The molecule has 0 rings (SSSR count). The molecule has 13 heavy (non-hydrogen) atoms. The molecule has 0 saturated heterocycles. The summed E-state index contributed by atoms with van der Waals surface area (Å²) in [5, 5.41) is 15.2. The van der Waals surface area contributed by atoms with Crippen molar-refractivity contribution in [2.75, 3.05) is 11.5 Å². The van der Waals surface area contributed by atoms with Gasteiger partial charge in [0.25, 0.3) is 0 Å². The summed E-state index contributed by atoms with van der Waals surface area (Å²) in [5.74, 6) is -0.806. The van der Waals surface area contributed by atoms with Gasteiger partial charge >= 0.3 is 19.5 Å². The Kier molecular flexibility index (Phi) is 20.5. The molecule has 0 aliphatic rings. The summed E-state index contributed by atoms with van der Waals surface area (Å²) in [4.78, 5) is 0. The van der Waals surface area contributed by atoms with Gasteiger partial charge in [-0.25, -0.2) is 0 Å². The van der Waals surface area contributed by atoms with Gasteiger partial charge in [0.1, 0.15) is 0 Å². The third-order valence-electron chi connectivity index (χ3n) is 0.365. The van der Waals surface area contributed by atoms with Crippen LogP contribution in [0.5, 0.6) is 0 Å². The molecule has 68 valence electrons. The molecule has 0 fully saturated rings. The van der Waals surface area contributed by atoms with Crippen LogP contribution in [-0.4, -0.2) is 29.0 Å². The standard InChI is InChI=1S/2C2H3NO2S.Zn/c2*3-1-2-6(4)5;/h2*2H2,(H,4,5);/q;;+2/p-2. The molecule has 0 saturated carbocycles. The van der Waals surface area contributed by atoms with Gasteiger partial charge in [0.15, 0.2) is 0 Å². The first-order chi connectivity index (χ1) is 5.54. The summed E-state index contributed by atoms with van der Waals surface area (Å²) in [6.07, 6.45) is 0. The molecule has 9 heteroatoms. The molecular weight excluding hydrogens is 270 g/mol. The maximum Gasteiger partial charge on any atom is 2.00 e. The van der Waals surface area contributed by atoms with E-state index in [9.17, 15) is 17.5 Å². The molecule has 6 nitrogen and oxygen atoms in total. The maximum absolute atomic E-state index is 9.38. The molecule has 0 N–H and O–H groups in total. The van der Waals surface area contributed by atoms with E-state index in [1.807, 2.05) is 0 Å². The van der Waals surface area contributed by atoms with Crippen molar-refractivity contribution in [3.05, 3.63) is 0 Å². The van der Waals surface area contributed by atoms with Gasteiger partial charge in [-0.1, -0.05) is 0 Å². The van der Waals surface area contributed by atoms with E-state index < -0.39 is 33.7 Å². The first-order valence-electron chi connectivity index (χ1n) is 2.40. The predicted octanol–water partition coefficient (Wildman–Crippen LogP) is -1.22. The van der Waals surface area contributed by atoms with E-state index in [4.69, 9.17) is 10.5 Å². The maximum atomic E-state index is 9.38. The Balaban J connectivity index is -0.000000143. The van der Waals surface area contributed by atoms with Gasteiger partial charge in [-0.05, 0) is 22.2 Å². The van der Waals surface area contributed by atoms with Gasteiger partial charge in [0, 0.05) is 0 Å². The minimum Gasteiger partial charge on any atom is -0.772 e. The number of rotatable bonds is 2. The molecule has 0 aromatic rings. The van der Waals surface area contributed by atoms with Gasteiger partial charge in [-0.2, -0.15) is 10.5 Å². The average Bonchev–Trinajstić information content (AvgIpc) is 1.87. The molecule has 2 atom stereocenters. The largest absolute Gasteiger partial charge is 2.00 e. The third-order valence-corrected chi connectivity index (χ3v) is 1.09. The molecule has 0 spiro atoms. The first-order valence-corrected chi connectivity index (χ1v) is 4.89. The fraction of sp³-hybridized carbons (Fsp3) is 0.500. The van der Waals surface area contributed by atoms with Gasteiger partial charge in [-0.3, -0.25) is 8.42 Å². The zero-order valence-electron chi connectivity index (χ0n) is 6.47. The zero-order chi connectivity index (χ0) is 9.98. The molecule has 0 aliphatic heterocycles. The first kappa shape index (κ1) is 18.6. The van der Waals surface area contributed by atoms with Crippen molar-refractivity contribution in [1.29, 1.82) is 10.5 Å². The smallest absolute Gasteiger partial charge is 0.772 e. The fourth-order valence-electron chi connectivity index (χ4n) is 0.105. The summed E-state index contributed by atoms with van der Waals surface area (Å²) in [5.41, 5.74) is 0. The number of nitrogens with zero attached hydrogens (tertiary/aromatic N) is 2. The summed E-state index contributed by atoms with van der Waals surface area (Å²) < 4.78 is 37.5. The Labute approximate surface area is 93.3 Å². The van der Waals surface area contributed by atoms with Crippen LogP contribution in [0.4, 0.5) is 0 Å². The van der Waals surface area contributed by atoms with Crippen LogP contribution in [0.1, 0.15) is 0 Å². The Morgan fingerprint density at radius 3 is 1.23 bits per heavy atom. The molecule has 0 aromatic carbocycles. The monoisotopic (exact) mass is 272 g/mol. The van der Waals surface area contributed by atoms with Crippen LogP contribution in [0, 0.1) is 22.7 Å². The normalized spacial score (nSPS) is 11.7. The minimum atomic E-state index is -2.18. The van der Waals surface area contributed by atoms with Crippen LogP contribution >= 0.6 is 0 Å². The Hall–Kier alpha value is -0.177. The van der Waals surface area contributed by atoms with Crippen LogP contribution in [0.2, 0.25) is 0 Å². The van der Waals surface area contributed by atoms with Crippen LogP contribution in [0.25, 0.3) is 0 Å². The van der Waals surface area contributed by atoms with Gasteiger partial charge in [0.2, 0.25) is 0 Å². The van der Waals surface area contributed by atoms with Gasteiger partial charge in [0.05, 0.1) is 23.6 Å². The molecular formula is C4H4N2O4S2Zn. The molecule has 0 aromatic heterocycles. The van der Waals surface area contributed by atoms with Crippen LogP contribution < -0.4 is 0 Å². The van der Waals surface area contributed by atoms with Crippen LogP contribution in [0.3, 0.4) is 0 Å². The second-order valence-corrected chi connectivity index (χ2v) is 3.00. The number of nitriles is 2. The average molecular weight is 274 g/mol. The van der Waals surface area contributed by atoms with Crippen molar-refractivity contribution in [2.24, 2.45) is 0 Å². The molecule has 0 aliphatic carbocycles. The zero-order valence-corrected chi connectivity index (χ0v) is 11.1. The quantitative estimate of drug-likeness (QED) is 0.458. The van der Waals surface area contributed by atoms with E-state index in [2.05, 4.69) is 0 Å². The number of hydrogen-bond donors (Lipinski definition) is 0. The van der Waals surface area contributed by atoms with Crippen LogP contribution in [-0.2, 0) is 41.6 Å². The molecule has 0 heterocycles. The Morgan fingerprint density at radius 2 is 1.23 bits per heavy atom. The van der Waals surface area contributed by atoms with E-state index in [-0.39, 0.29) is 19.5 Å². The Bertz CT molecular complexity index is 220. The summed E-state index contributed by atoms with van der Waals surface area (Å²) >= 11 is -4.35. The van der Waals surface area contributed by atoms with Crippen molar-refractivity contribution in [3.63, 3.8) is 0 Å². The minimum absolute atomic E-state index is 0. The second kappa shape index (κ2) is 14.4. The topological polar surface area (TPSA) is 128 Å². The van der Waals surface area contributed by atoms with E-state index in [1.54, 1.807) is 0 Å². The molecule has 0 amide bonds. The van der Waals surface area contributed by atoms with E-state index in [0.29, 0.717) is 0 Å². The van der Waals surface area contributed by atoms with Crippen molar-refractivity contribution >= 4 is 22.2 Å². The summed E-state index contributed by atoms with van der Waals surface area (Å²) in [6.45, 7) is 0. The SMILES string of the molecule is N#CCS(=O)[O-].N#CCS(=O)[O-].[Zn+2].